The Morgan fingerprint density at radius 3 is 2.75 bits per heavy atom. The summed E-state index contributed by atoms with van der Waals surface area (Å²) in [7, 11) is 1.90. The Bertz CT molecular complexity index is 598. The molecule has 0 saturated heterocycles. The van der Waals surface area contributed by atoms with E-state index < -0.39 is 0 Å². The monoisotopic (exact) mass is 358 g/mol. The molecule has 0 amide bonds. The highest BCUT2D eigenvalue weighted by atomic mass is 79.9. The highest BCUT2D eigenvalue weighted by molar-refractivity contribution is 9.09. The molecule has 1 heterocycles. The lowest BCUT2D eigenvalue weighted by atomic mass is 9.96. The maximum Gasteiger partial charge on any atom is 0.123 e. The molecule has 1 aromatic carbocycles. The van der Waals surface area contributed by atoms with Gasteiger partial charge in [0, 0.05) is 12.4 Å². The van der Waals surface area contributed by atoms with Crippen molar-refractivity contribution < 1.29 is 4.39 Å². The van der Waals surface area contributed by atoms with Crippen LogP contribution in [0.5, 0.6) is 0 Å². The summed E-state index contributed by atoms with van der Waals surface area (Å²) in [6, 6.07) is 6.72. The fourth-order valence-corrected chi connectivity index (χ4v) is 3.27. The number of aromatic nitrogens is 2. The average molecular weight is 360 g/mol. The molecule has 2 rings (SSSR count). The largest absolute Gasteiger partial charge is 0.271 e. The number of aryl methyl sites for hydroxylation is 2. The number of hydrogen-bond acceptors (Lipinski definition) is 1. The molecule has 2 aromatic rings. The zero-order valence-corrected chi connectivity index (χ0v) is 13.9. The van der Waals surface area contributed by atoms with E-state index in [4.69, 9.17) is 11.6 Å². The average Bonchev–Trinajstić information content (AvgIpc) is 2.71. The van der Waals surface area contributed by atoms with Crippen LogP contribution in [-0.4, -0.2) is 15.1 Å². The van der Waals surface area contributed by atoms with Gasteiger partial charge in [0.15, 0.2) is 0 Å². The molecule has 5 heteroatoms. The third kappa shape index (κ3) is 3.23. The highest BCUT2D eigenvalue weighted by Crippen LogP contribution is 2.29. The molecule has 2 nitrogen and oxygen atoms in total. The van der Waals surface area contributed by atoms with E-state index in [1.54, 1.807) is 12.1 Å². The van der Waals surface area contributed by atoms with Crippen LogP contribution in [0.4, 0.5) is 4.39 Å². The molecule has 1 unspecified atom stereocenters. The molecule has 1 atom stereocenters. The molecule has 0 aliphatic heterocycles. The Morgan fingerprint density at radius 1 is 1.45 bits per heavy atom. The number of halogens is 3. The van der Waals surface area contributed by atoms with E-state index in [0.717, 1.165) is 40.1 Å². The van der Waals surface area contributed by atoms with E-state index in [0.29, 0.717) is 0 Å². The van der Waals surface area contributed by atoms with E-state index in [2.05, 4.69) is 21.0 Å². The Morgan fingerprint density at radius 2 is 2.20 bits per heavy atom. The SMILES string of the molecule is CCc1nn(C)c(CC(CBr)c2cccc(F)c2)c1Cl. The second-order valence-electron chi connectivity index (χ2n) is 4.79. The minimum absolute atomic E-state index is 0.170. The number of rotatable bonds is 5. The van der Waals surface area contributed by atoms with Crippen LogP contribution < -0.4 is 0 Å². The summed E-state index contributed by atoms with van der Waals surface area (Å²) in [5, 5.41) is 5.91. The van der Waals surface area contributed by atoms with Gasteiger partial charge in [-0.25, -0.2) is 4.39 Å². The van der Waals surface area contributed by atoms with Crippen molar-refractivity contribution in [1.29, 1.82) is 0 Å². The van der Waals surface area contributed by atoms with Crippen LogP contribution in [0, 0.1) is 5.82 Å². The molecule has 1 aromatic heterocycles. The quantitative estimate of drug-likeness (QED) is 0.719. The molecule has 20 heavy (non-hydrogen) atoms. The third-order valence-corrected chi connectivity index (χ3v) is 4.67. The summed E-state index contributed by atoms with van der Waals surface area (Å²) >= 11 is 9.89. The summed E-state index contributed by atoms with van der Waals surface area (Å²) in [6.07, 6.45) is 1.54. The molecule has 0 radical (unpaired) electrons. The highest BCUT2D eigenvalue weighted by Gasteiger charge is 2.19. The minimum Gasteiger partial charge on any atom is -0.271 e. The predicted molar refractivity (Wildman–Crippen MR) is 84.2 cm³/mol. The first kappa shape index (κ1) is 15.5. The van der Waals surface area contributed by atoms with E-state index >= 15 is 0 Å². The molecule has 0 fully saturated rings. The number of benzene rings is 1. The standard InChI is InChI=1S/C15H17BrClFN2/c1-3-13-15(17)14(20(2)19-13)8-11(9-16)10-5-4-6-12(18)7-10/h4-7,11H,3,8-9H2,1-2H3. The normalized spacial score (nSPS) is 12.7. The first-order chi connectivity index (χ1) is 9.56. The van der Waals surface area contributed by atoms with Crippen molar-refractivity contribution in [3.63, 3.8) is 0 Å². The molecule has 0 aliphatic carbocycles. The Labute approximate surface area is 132 Å². The van der Waals surface area contributed by atoms with Crippen LogP contribution in [0.1, 0.15) is 29.8 Å². The van der Waals surface area contributed by atoms with Crippen molar-refractivity contribution in [2.45, 2.75) is 25.7 Å². The van der Waals surface area contributed by atoms with Crippen LogP contribution in [0.2, 0.25) is 5.02 Å². The molecule has 0 N–H and O–H groups in total. The summed E-state index contributed by atoms with van der Waals surface area (Å²) in [5.41, 5.74) is 2.88. The molecule has 108 valence electrons. The van der Waals surface area contributed by atoms with Gasteiger partial charge in [0.2, 0.25) is 0 Å². The van der Waals surface area contributed by atoms with E-state index in [1.165, 1.54) is 6.07 Å². The molecular weight excluding hydrogens is 343 g/mol. The maximum atomic E-state index is 13.4. The van der Waals surface area contributed by atoms with Crippen molar-refractivity contribution in [3.05, 3.63) is 52.1 Å². The van der Waals surface area contributed by atoms with Gasteiger partial charge in [0.1, 0.15) is 5.82 Å². The molecule has 0 saturated carbocycles. The van der Waals surface area contributed by atoms with Gasteiger partial charge in [-0.2, -0.15) is 5.10 Å². The Kier molecular flexibility index (Phi) is 5.22. The van der Waals surface area contributed by atoms with Crippen molar-refractivity contribution in [2.24, 2.45) is 7.05 Å². The maximum absolute atomic E-state index is 13.4. The molecule has 0 aliphatic rings. The van der Waals surface area contributed by atoms with Gasteiger partial charge in [0.05, 0.1) is 16.4 Å². The van der Waals surface area contributed by atoms with Crippen LogP contribution in [0.3, 0.4) is 0 Å². The van der Waals surface area contributed by atoms with Crippen molar-refractivity contribution >= 4 is 27.5 Å². The summed E-state index contributed by atoms with van der Waals surface area (Å²) in [4.78, 5) is 0. The van der Waals surface area contributed by atoms with Gasteiger partial charge < -0.3 is 0 Å². The van der Waals surface area contributed by atoms with Crippen LogP contribution in [0.15, 0.2) is 24.3 Å². The summed E-state index contributed by atoms with van der Waals surface area (Å²) in [5.74, 6) is -0.0397. The lowest BCUT2D eigenvalue weighted by molar-refractivity contribution is 0.617. The molecule has 0 spiro atoms. The van der Waals surface area contributed by atoms with Gasteiger partial charge >= 0.3 is 0 Å². The van der Waals surface area contributed by atoms with E-state index in [1.807, 2.05) is 24.7 Å². The van der Waals surface area contributed by atoms with Gasteiger partial charge in [-0.1, -0.05) is 46.6 Å². The van der Waals surface area contributed by atoms with E-state index in [9.17, 15) is 4.39 Å². The van der Waals surface area contributed by atoms with Gasteiger partial charge in [-0.05, 0) is 36.5 Å². The van der Waals surface area contributed by atoms with Gasteiger partial charge in [-0.15, -0.1) is 0 Å². The van der Waals surface area contributed by atoms with Gasteiger partial charge in [-0.3, -0.25) is 4.68 Å². The first-order valence-corrected chi connectivity index (χ1v) is 8.08. The Balaban J connectivity index is 2.29. The van der Waals surface area contributed by atoms with Crippen LogP contribution in [-0.2, 0) is 19.9 Å². The zero-order valence-electron chi connectivity index (χ0n) is 11.5. The molecule has 0 bridgehead atoms. The topological polar surface area (TPSA) is 17.8 Å². The van der Waals surface area contributed by atoms with Gasteiger partial charge in [0.25, 0.3) is 0 Å². The third-order valence-electron chi connectivity index (χ3n) is 3.45. The second-order valence-corrected chi connectivity index (χ2v) is 5.82. The second kappa shape index (κ2) is 6.72. The van der Waals surface area contributed by atoms with E-state index in [-0.39, 0.29) is 11.7 Å². The smallest absolute Gasteiger partial charge is 0.123 e. The lowest BCUT2D eigenvalue weighted by Gasteiger charge is -2.15. The van der Waals surface area contributed by atoms with Crippen molar-refractivity contribution in [3.8, 4) is 0 Å². The Hall–Kier alpha value is -0.870. The number of hydrogen-bond donors (Lipinski definition) is 0. The fraction of sp³-hybridized carbons (Fsp3) is 0.400. The number of nitrogens with zero attached hydrogens (tertiary/aromatic N) is 2. The lowest BCUT2D eigenvalue weighted by Crippen LogP contribution is -2.09. The fourth-order valence-electron chi connectivity index (χ4n) is 2.30. The van der Waals surface area contributed by atoms with Crippen LogP contribution in [0.25, 0.3) is 0 Å². The first-order valence-electron chi connectivity index (χ1n) is 6.58. The van der Waals surface area contributed by atoms with Crippen molar-refractivity contribution in [1.82, 2.24) is 9.78 Å². The predicted octanol–water partition coefficient (Wildman–Crippen LogP) is 4.50. The summed E-state index contributed by atoms with van der Waals surface area (Å²) in [6.45, 7) is 2.03. The zero-order chi connectivity index (χ0) is 14.7. The van der Waals surface area contributed by atoms with Crippen LogP contribution >= 0.6 is 27.5 Å². The summed E-state index contributed by atoms with van der Waals surface area (Å²) < 4.78 is 15.2. The minimum atomic E-state index is -0.209. The number of alkyl halides is 1. The molecular formula is C15H17BrClFN2. The van der Waals surface area contributed by atoms with Crippen molar-refractivity contribution in [2.75, 3.05) is 5.33 Å².